The maximum Gasteiger partial charge on any atom is 0.126 e. The van der Waals surface area contributed by atoms with E-state index in [9.17, 15) is 0 Å². The molecule has 0 amide bonds. The van der Waals surface area contributed by atoms with Crippen molar-refractivity contribution in [2.24, 2.45) is 0 Å². The Morgan fingerprint density at radius 3 is 2.57 bits per heavy atom. The Morgan fingerprint density at radius 1 is 1.14 bits per heavy atom. The first-order valence-corrected chi connectivity index (χ1v) is 6.03. The fourth-order valence-corrected chi connectivity index (χ4v) is 2.09. The van der Waals surface area contributed by atoms with E-state index in [1.54, 1.807) is 0 Å². The van der Waals surface area contributed by atoms with Crippen molar-refractivity contribution in [1.82, 2.24) is 9.97 Å². The number of benzene rings is 1. The van der Waals surface area contributed by atoms with Crippen molar-refractivity contribution in [2.45, 2.75) is 10.7 Å². The number of aromatic nitrogens is 2. The van der Waals surface area contributed by atoms with Crippen LogP contribution in [0, 0.1) is 6.92 Å². The molecule has 14 heavy (non-hydrogen) atoms. The number of fused-ring (bicyclic) bond motifs is 1. The molecule has 2 rings (SSSR count). The number of rotatable bonds is 1. The van der Waals surface area contributed by atoms with E-state index in [1.807, 2.05) is 31.2 Å². The first-order chi connectivity index (χ1) is 6.68. The Morgan fingerprint density at radius 2 is 1.86 bits per heavy atom. The fraction of sp³-hybridized carbons (Fsp3) is 0.200. The fourth-order valence-electron chi connectivity index (χ4n) is 1.39. The molecule has 0 aliphatic carbocycles. The van der Waals surface area contributed by atoms with Crippen molar-refractivity contribution >= 4 is 42.8 Å². The molecule has 1 heterocycles. The Labute approximate surface area is 99.0 Å². The molecule has 0 radical (unpaired) electrons. The lowest BCUT2D eigenvalue weighted by atomic mass is 10.2. The minimum absolute atomic E-state index is 0.0709. The second-order valence-corrected chi connectivity index (χ2v) is 6.03. The minimum Gasteiger partial charge on any atom is -0.235 e. The number of hydrogen-bond acceptors (Lipinski definition) is 2. The lowest BCUT2D eigenvalue weighted by Crippen LogP contribution is -1.96. The van der Waals surface area contributed by atoms with Gasteiger partial charge in [0.05, 0.1) is 11.2 Å². The molecule has 0 N–H and O–H groups in total. The molecular formula is C10H8Br2N2. The Balaban J connectivity index is 2.80. The first-order valence-electron chi connectivity index (χ1n) is 4.20. The average Bonchev–Trinajstić information content (AvgIpc) is 2.16. The number of hydrogen-bond donors (Lipinski definition) is 0. The predicted molar refractivity (Wildman–Crippen MR) is 64.9 cm³/mol. The van der Waals surface area contributed by atoms with Gasteiger partial charge in [-0.1, -0.05) is 50.1 Å². The Hall–Kier alpha value is -0.480. The molecule has 0 fully saturated rings. The molecular weight excluding hydrogens is 308 g/mol. The molecule has 4 heteroatoms. The van der Waals surface area contributed by atoms with Crippen molar-refractivity contribution in [1.29, 1.82) is 0 Å². The Bertz CT molecular complexity index is 469. The highest BCUT2D eigenvalue weighted by atomic mass is 79.9. The monoisotopic (exact) mass is 314 g/mol. The molecule has 0 aliphatic rings. The van der Waals surface area contributed by atoms with Gasteiger partial charge in [-0.2, -0.15) is 0 Å². The second kappa shape index (κ2) is 3.95. The third kappa shape index (κ3) is 1.81. The lowest BCUT2D eigenvalue weighted by molar-refractivity contribution is 1.04. The summed E-state index contributed by atoms with van der Waals surface area (Å²) in [6.45, 7) is 1.90. The van der Waals surface area contributed by atoms with Gasteiger partial charge in [-0.3, -0.25) is 0 Å². The van der Waals surface area contributed by atoms with Gasteiger partial charge < -0.3 is 0 Å². The zero-order valence-corrected chi connectivity index (χ0v) is 10.7. The molecule has 0 atom stereocenters. The van der Waals surface area contributed by atoms with E-state index in [-0.39, 0.29) is 3.74 Å². The number of alkyl halides is 2. The van der Waals surface area contributed by atoms with Gasteiger partial charge in [0.2, 0.25) is 0 Å². The molecule has 1 aromatic heterocycles. The summed E-state index contributed by atoms with van der Waals surface area (Å²) in [6.07, 6.45) is 0. The van der Waals surface area contributed by atoms with Crippen LogP contribution < -0.4 is 0 Å². The maximum atomic E-state index is 4.40. The van der Waals surface area contributed by atoms with Crippen LogP contribution in [0.2, 0.25) is 0 Å². The van der Waals surface area contributed by atoms with E-state index >= 15 is 0 Å². The van der Waals surface area contributed by atoms with Gasteiger partial charge in [0.1, 0.15) is 9.56 Å². The van der Waals surface area contributed by atoms with E-state index in [0.717, 1.165) is 22.4 Å². The smallest absolute Gasteiger partial charge is 0.126 e. The molecule has 72 valence electrons. The molecule has 2 aromatic rings. The first kappa shape index (κ1) is 10.1. The molecule has 0 aliphatic heterocycles. The molecule has 2 nitrogen and oxygen atoms in total. The van der Waals surface area contributed by atoms with Crippen molar-refractivity contribution in [2.75, 3.05) is 0 Å². The zero-order chi connectivity index (χ0) is 10.1. The predicted octanol–water partition coefficient (Wildman–Crippen LogP) is 3.73. The quantitative estimate of drug-likeness (QED) is 0.749. The topological polar surface area (TPSA) is 25.8 Å². The molecule has 0 saturated carbocycles. The molecule has 0 saturated heterocycles. The normalized spacial score (nSPS) is 11.1. The number of halogens is 2. The summed E-state index contributed by atoms with van der Waals surface area (Å²) < 4.78 is 0.0709. The van der Waals surface area contributed by atoms with E-state index in [1.165, 1.54) is 0 Å². The van der Waals surface area contributed by atoms with E-state index in [0.29, 0.717) is 0 Å². The highest BCUT2D eigenvalue weighted by molar-refractivity contribution is 9.24. The van der Waals surface area contributed by atoms with Gasteiger partial charge in [0.15, 0.2) is 0 Å². The van der Waals surface area contributed by atoms with Crippen LogP contribution in [0.1, 0.15) is 15.3 Å². The van der Waals surface area contributed by atoms with Gasteiger partial charge in [-0.05, 0) is 13.0 Å². The van der Waals surface area contributed by atoms with Crippen LogP contribution in [0.5, 0.6) is 0 Å². The SMILES string of the molecule is Cc1nc(C(Br)Br)c2ccccc2n1. The van der Waals surface area contributed by atoms with E-state index in [2.05, 4.69) is 41.8 Å². The van der Waals surface area contributed by atoms with Crippen molar-refractivity contribution in [3.05, 3.63) is 35.8 Å². The van der Waals surface area contributed by atoms with Gasteiger partial charge >= 0.3 is 0 Å². The van der Waals surface area contributed by atoms with Crippen LogP contribution in [0.15, 0.2) is 24.3 Å². The summed E-state index contributed by atoms with van der Waals surface area (Å²) in [7, 11) is 0. The summed E-state index contributed by atoms with van der Waals surface area (Å²) in [5, 5.41) is 1.08. The van der Waals surface area contributed by atoms with Gasteiger partial charge in [0, 0.05) is 5.39 Å². The van der Waals surface area contributed by atoms with Crippen LogP contribution in [-0.4, -0.2) is 9.97 Å². The second-order valence-electron chi connectivity index (χ2n) is 2.97. The van der Waals surface area contributed by atoms with Gasteiger partial charge in [0.25, 0.3) is 0 Å². The molecule has 0 unspecified atom stereocenters. The van der Waals surface area contributed by atoms with Gasteiger partial charge in [-0.25, -0.2) is 9.97 Å². The lowest BCUT2D eigenvalue weighted by Gasteiger charge is -2.06. The third-order valence-corrected chi connectivity index (χ3v) is 2.82. The summed E-state index contributed by atoms with van der Waals surface area (Å²) >= 11 is 6.93. The standard InChI is InChI=1S/C10H8Br2N2/c1-6-13-8-5-3-2-4-7(8)9(14-6)10(11)12/h2-5,10H,1H3. The van der Waals surface area contributed by atoms with Crippen molar-refractivity contribution in [3.8, 4) is 0 Å². The van der Waals surface area contributed by atoms with Crippen LogP contribution >= 0.6 is 31.9 Å². The van der Waals surface area contributed by atoms with E-state index in [4.69, 9.17) is 0 Å². The molecule has 0 spiro atoms. The summed E-state index contributed by atoms with van der Waals surface area (Å²) in [5.74, 6) is 0.794. The number of nitrogens with zero attached hydrogens (tertiary/aromatic N) is 2. The van der Waals surface area contributed by atoms with Crippen LogP contribution in [0.4, 0.5) is 0 Å². The van der Waals surface area contributed by atoms with Crippen molar-refractivity contribution in [3.63, 3.8) is 0 Å². The highest BCUT2D eigenvalue weighted by Gasteiger charge is 2.10. The van der Waals surface area contributed by atoms with Crippen LogP contribution in [0.3, 0.4) is 0 Å². The zero-order valence-electron chi connectivity index (χ0n) is 7.54. The summed E-state index contributed by atoms with van der Waals surface area (Å²) in [5.41, 5.74) is 1.96. The summed E-state index contributed by atoms with van der Waals surface area (Å²) in [4.78, 5) is 8.76. The number of para-hydroxylation sites is 1. The maximum absolute atomic E-state index is 4.40. The molecule has 1 aromatic carbocycles. The summed E-state index contributed by atoms with van der Waals surface area (Å²) in [6, 6.07) is 8.00. The molecule has 0 bridgehead atoms. The minimum atomic E-state index is 0.0709. The third-order valence-electron chi connectivity index (χ3n) is 1.95. The number of aryl methyl sites for hydroxylation is 1. The average molecular weight is 316 g/mol. The highest BCUT2D eigenvalue weighted by Crippen LogP contribution is 2.32. The van der Waals surface area contributed by atoms with Crippen LogP contribution in [-0.2, 0) is 0 Å². The van der Waals surface area contributed by atoms with Gasteiger partial charge in [-0.15, -0.1) is 0 Å². The van der Waals surface area contributed by atoms with Crippen molar-refractivity contribution < 1.29 is 0 Å². The van der Waals surface area contributed by atoms with Crippen LogP contribution in [0.25, 0.3) is 10.9 Å². The Kier molecular flexibility index (Phi) is 2.83. The largest absolute Gasteiger partial charge is 0.235 e. The van der Waals surface area contributed by atoms with E-state index < -0.39 is 0 Å².